The van der Waals surface area contributed by atoms with E-state index in [1.807, 2.05) is 50.9 Å². The number of methoxy groups -OCH3 is 1. The molecule has 3 fully saturated rings. The van der Waals surface area contributed by atoms with Crippen LogP contribution in [0.5, 0.6) is 0 Å². The number of alkyl carbamates (subject to hydrolysis) is 1. The number of rotatable bonds is 12. The van der Waals surface area contributed by atoms with Crippen molar-refractivity contribution in [3.8, 4) is 0 Å². The van der Waals surface area contributed by atoms with Crippen molar-refractivity contribution in [2.24, 2.45) is 23.0 Å². The predicted octanol–water partition coefficient (Wildman–Crippen LogP) is 4.27. The Morgan fingerprint density at radius 1 is 0.946 bits per heavy atom. The number of Topliss-reactive ketones (excluding diaryl/α,β-unsaturated/α-hetero) is 1. The molecule has 2 aliphatic carbocycles. The molecule has 56 heavy (non-hydrogen) atoms. The standard InChI is InChI=1S/C42H59N7O7/c1-25(2)35(43)39(52)49-24-42(16-19-56-20-17-42)21-33(49)38(51)45-23-34(50)30-14-10-28(11-15-30)27-8-12-29(13-9-27)31-22-44-37(46-31)32-7-6-18-48(32)40(53)36(26(3)4)47-41(54)55-5/h8,10,12,14,22,25-26,32-33,35-36H,6-7,9,11,13,15-21,23-24,43H2,1-5H3,(H,44,46)(H,45,51)(H,47,54). The summed E-state index contributed by atoms with van der Waals surface area (Å²) in [6.07, 6.45) is 16.1. The third kappa shape index (κ3) is 9.01. The van der Waals surface area contributed by atoms with Gasteiger partial charge in [0.2, 0.25) is 17.7 Å². The lowest BCUT2D eigenvalue weighted by atomic mass is 9.78. The fourth-order valence-corrected chi connectivity index (χ4v) is 8.69. The maximum absolute atomic E-state index is 13.5. The lowest BCUT2D eigenvalue weighted by molar-refractivity contribution is -0.140. The van der Waals surface area contributed by atoms with E-state index in [1.54, 1.807) is 4.90 Å². The zero-order valence-electron chi connectivity index (χ0n) is 33.5. The first kappa shape index (κ1) is 41.1. The molecule has 4 amide bonds. The summed E-state index contributed by atoms with van der Waals surface area (Å²) in [6, 6.07) is -2.23. The van der Waals surface area contributed by atoms with Crippen molar-refractivity contribution in [3.63, 3.8) is 0 Å². The van der Waals surface area contributed by atoms with E-state index in [0.29, 0.717) is 44.7 Å². The predicted molar refractivity (Wildman–Crippen MR) is 211 cm³/mol. The van der Waals surface area contributed by atoms with Crippen LogP contribution in [0.4, 0.5) is 4.79 Å². The number of allylic oxidation sites excluding steroid dienone is 7. The van der Waals surface area contributed by atoms with E-state index >= 15 is 0 Å². The molecule has 0 bridgehead atoms. The number of carbonyl (C=O) groups is 5. The minimum Gasteiger partial charge on any atom is -0.453 e. The molecular formula is C42H59N7O7. The second-order valence-electron chi connectivity index (χ2n) is 16.7. The summed E-state index contributed by atoms with van der Waals surface area (Å²) in [7, 11) is 1.29. The van der Waals surface area contributed by atoms with Crippen molar-refractivity contribution in [1.29, 1.82) is 0 Å². The average molecular weight is 774 g/mol. The fourth-order valence-electron chi connectivity index (χ4n) is 8.69. The highest BCUT2D eigenvalue weighted by Crippen LogP contribution is 2.43. The lowest BCUT2D eigenvalue weighted by Crippen LogP contribution is -2.53. The first-order chi connectivity index (χ1) is 26.8. The van der Waals surface area contributed by atoms with Crippen molar-refractivity contribution < 1.29 is 33.4 Å². The molecule has 14 heteroatoms. The van der Waals surface area contributed by atoms with E-state index in [0.717, 1.165) is 62.0 Å². The van der Waals surface area contributed by atoms with Crippen LogP contribution in [0.25, 0.3) is 5.57 Å². The maximum atomic E-state index is 13.5. The Balaban J connectivity index is 1.05. The number of H-pyrrole nitrogens is 1. The molecule has 1 spiro atoms. The van der Waals surface area contributed by atoms with Crippen molar-refractivity contribution in [2.45, 2.75) is 110 Å². The number of nitrogens with zero attached hydrogens (tertiary/aromatic N) is 3. The van der Waals surface area contributed by atoms with Crippen LogP contribution in [0, 0.1) is 17.3 Å². The Labute approximate surface area is 329 Å². The van der Waals surface area contributed by atoms with E-state index in [-0.39, 0.29) is 53.3 Å². The zero-order valence-corrected chi connectivity index (χ0v) is 33.5. The first-order valence-electron chi connectivity index (χ1n) is 20.3. The topological polar surface area (TPSA) is 189 Å². The Morgan fingerprint density at radius 2 is 1.62 bits per heavy atom. The Morgan fingerprint density at radius 3 is 2.25 bits per heavy atom. The number of ketones is 1. The van der Waals surface area contributed by atoms with Crippen molar-refractivity contribution in [2.75, 3.05) is 40.0 Å². The fraction of sp³-hybridized carbons (Fsp3) is 0.619. The van der Waals surface area contributed by atoms with Gasteiger partial charge in [0.15, 0.2) is 5.78 Å². The molecule has 5 N–H and O–H groups in total. The number of likely N-dealkylation sites (tertiary alicyclic amines) is 2. The molecule has 14 nitrogen and oxygen atoms in total. The van der Waals surface area contributed by atoms with Crippen LogP contribution in [0.2, 0.25) is 0 Å². The van der Waals surface area contributed by atoms with Gasteiger partial charge in [-0.2, -0.15) is 0 Å². The Kier molecular flexibility index (Phi) is 13.0. The number of ether oxygens (including phenoxy) is 2. The minimum atomic E-state index is -0.690. The quantitative estimate of drug-likeness (QED) is 0.241. The van der Waals surface area contributed by atoms with E-state index in [4.69, 9.17) is 15.2 Å². The van der Waals surface area contributed by atoms with E-state index in [2.05, 4.69) is 32.8 Å². The number of carbonyl (C=O) groups excluding carboxylic acids is 5. The molecule has 4 atom stereocenters. The normalized spacial score (nSPS) is 23.3. The molecule has 6 rings (SSSR count). The average Bonchev–Trinajstić information content (AvgIpc) is 3.98. The number of nitrogens with two attached hydrogens (primary N) is 1. The van der Waals surface area contributed by atoms with Crippen LogP contribution < -0.4 is 16.4 Å². The molecule has 5 aliphatic rings. The summed E-state index contributed by atoms with van der Waals surface area (Å²) in [6.45, 7) is 9.78. The molecule has 4 unspecified atom stereocenters. The van der Waals surface area contributed by atoms with Gasteiger partial charge in [-0.15, -0.1) is 0 Å². The van der Waals surface area contributed by atoms with E-state index in [9.17, 15) is 24.0 Å². The van der Waals surface area contributed by atoms with Gasteiger partial charge in [-0.1, -0.05) is 52.0 Å². The molecule has 0 radical (unpaired) electrons. The van der Waals surface area contributed by atoms with Gasteiger partial charge >= 0.3 is 6.09 Å². The highest BCUT2D eigenvalue weighted by Gasteiger charge is 2.50. The molecule has 1 aromatic rings. The van der Waals surface area contributed by atoms with Gasteiger partial charge in [0.1, 0.15) is 17.9 Å². The Hall–Kier alpha value is -4.56. The van der Waals surface area contributed by atoms with Gasteiger partial charge < -0.3 is 40.6 Å². The summed E-state index contributed by atoms with van der Waals surface area (Å²) >= 11 is 0. The van der Waals surface area contributed by atoms with Crippen LogP contribution in [-0.2, 0) is 28.7 Å². The third-order valence-electron chi connectivity index (χ3n) is 12.3. The second-order valence-corrected chi connectivity index (χ2v) is 16.7. The number of aromatic nitrogens is 2. The first-order valence-corrected chi connectivity index (χ1v) is 20.3. The SMILES string of the molecule is COC(=O)NC(C(=O)N1CCCC1c1ncc(C2=CC=C(C3=CC=C(C(=O)CNC(=O)C4CC5(CCOCC5)CN4C(=O)C(N)C(C)C)CC3)CC2)[nH]1)C(C)C. The van der Waals surface area contributed by atoms with Crippen LogP contribution in [0.3, 0.4) is 0 Å². The molecule has 3 saturated heterocycles. The summed E-state index contributed by atoms with van der Waals surface area (Å²) in [5.74, 6) is -0.208. The largest absolute Gasteiger partial charge is 0.453 e. The van der Waals surface area contributed by atoms with Crippen LogP contribution >= 0.6 is 0 Å². The van der Waals surface area contributed by atoms with Crippen LogP contribution in [0.15, 0.2) is 47.2 Å². The Bertz CT molecular complexity index is 1800. The number of aromatic amines is 1. The highest BCUT2D eigenvalue weighted by atomic mass is 16.5. The monoisotopic (exact) mass is 773 g/mol. The van der Waals surface area contributed by atoms with E-state index < -0.39 is 24.2 Å². The molecular weight excluding hydrogens is 715 g/mol. The number of nitrogens with one attached hydrogen (secondary N) is 3. The third-order valence-corrected chi connectivity index (χ3v) is 12.3. The molecule has 0 saturated carbocycles. The molecule has 0 aromatic carbocycles. The number of hydrogen-bond acceptors (Lipinski definition) is 9. The molecule has 4 heterocycles. The summed E-state index contributed by atoms with van der Waals surface area (Å²) in [5.41, 5.74) is 11.2. The second kappa shape index (κ2) is 17.7. The smallest absolute Gasteiger partial charge is 0.407 e. The minimum absolute atomic E-state index is 0.0567. The lowest BCUT2D eigenvalue weighted by Gasteiger charge is -2.33. The molecule has 3 aliphatic heterocycles. The highest BCUT2D eigenvalue weighted by molar-refractivity contribution is 6.00. The van der Waals surface area contributed by atoms with Crippen molar-refractivity contribution in [3.05, 3.63) is 58.7 Å². The van der Waals surface area contributed by atoms with E-state index in [1.165, 1.54) is 18.3 Å². The number of imidazole rings is 1. The van der Waals surface area contributed by atoms with Gasteiger partial charge in [-0.3, -0.25) is 19.2 Å². The van der Waals surface area contributed by atoms with Crippen molar-refractivity contribution >= 4 is 35.2 Å². The van der Waals surface area contributed by atoms with Gasteiger partial charge in [-0.05, 0) is 97.3 Å². The van der Waals surface area contributed by atoms with Crippen molar-refractivity contribution in [1.82, 2.24) is 30.4 Å². The number of amides is 4. The van der Waals surface area contributed by atoms with Gasteiger partial charge in [0, 0.05) is 26.3 Å². The molecule has 1 aromatic heterocycles. The zero-order chi connectivity index (χ0) is 40.1. The van der Waals surface area contributed by atoms with Crippen LogP contribution in [0.1, 0.15) is 103 Å². The summed E-state index contributed by atoms with van der Waals surface area (Å²) in [5, 5.41) is 5.55. The number of hydrogen-bond donors (Lipinski definition) is 4. The molecule has 304 valence electrons. The van der Waals surface area contributed by atoms with Gasteiger partial charge in [-0.25, -0.2) is 9.78 Å². The van der Waals surface area contributed by atoms with Crippen LogP contribution in [-0.4, -0.2) is 107 Å². The summed E-state index contributed by atoms with van der Waals surface area (Å²) in [4.78, 5) is 77.3. The maximum Gasteiger partial charge on any atom is 0.407 e. The van der Waals surface area contributed by atoms with Gasteiger partial charge in [0.05, 0.1) is 37.6 Å². The van der Waals surface area contributed by atoms with Gasteiger partial charge in [0.25, 0.3) is 0 Å². The summed E-state index contributed by atoms with van der Waals surface area (Å²) < 4.78 is 10.3.